The monoisotopic (exact) mass is 274 g/mol. The number of rotatable bonds is 6. The van der Waals surface area contributed by atoms with Gasteiger partial charge in [0, 0.05) is 31.9 Å². The smallest absolute Gasteiger partial charge is 0.461 e. The Labute approximate surface area is 109 Å². The van der Waals surface area contributed by atoms with Crippen molar-refractivity contribution in [2.45, 2.75) is 46.2 Å². The maximum Gasteiger partial charge on any atom is 0.461 e. The lowest BCUT2D eigenvalue weighted by atomic mass is 9.81. The molecule has 0 bridgehead atoms. The zero-order valence-electron chi connectivity index (χ0n) is 11.6. The Bertz CT molecular complexity index is 303. The summed E-state index contributed by atoms with van der Waals surface area (Å²) in [6.45, 7) is 8.06. The second-order valence-corrected chi connectivity index (χ2v) is 8.34. The highest BCUT2D eigenvalue weighted by molar-refractivity contribution is 6.69. The van der Waals surface area contributed by atoms with Gasteiger partial charge in [0.25, 0.3) is 11.9 Å². The van der Waals surface area contributed by atoms with Gasteiger partial charge in [-0.25, -0.2) is 0 Å². The van der Waals surface area contributed by atoms with Crippen molar-refractivity contribution in [3.8, 4) is 0 Å². The molecule has 0 aliphatic carbocycles. The predicted octanol–water partition coefficient (Wildman–Crippen LogP) is 2.00. The topological polar surface area (TPSA) is 61.8 Å². The summed E-state index contributed by atoms with van der Waals surface area (Å²) in [5.41, 5.74) is 0.175. The molecule has 1 fully saturated rings. The van der Waals surface area contributed by atoms with Gasteiger partial charge in [0.1, 0.15) is 0 Å². The van der Waals surface area contributed by atoms with E-state index in [0.717, 1.165) is 26.1 Å². The van der Waals surface area contributed by atoms with Gasteiger partial charge in [-0.05, 0) is 12.8 Å². The second-order valence-electron chi connectivity index (χ2n) is 5.17. The first-order chi connectivity index (χ1) is 8.31. The largest absolute Gasteiger partial charge is 0.485 e. The van der Waals surface area contributed by atoms with E-state index in [4.69, 9.17) is 13.6 Å². The first-order valence-electron chi connectivity index (χ1n) is 6.28. The molecule has 0 amide bonds. The zero-order valence-corrected chi connectivity index (χ0v) is 12.6. The minimum Gasteiger partial charge on any atom is -0.485 e. The molecule has 0 atom stereocenters. The highest BCUT2D eigenvalue weighted by Gasteiger charge is 2.44. The molecule has 1 saturated heterocycles. The third-order valence-corrected chi connectivity index (χ3v) is 5.99. The van der Waals surface area contributed by atoms with Crippen LogP contribution in [0.15, 0.2) is 0 Å². The van der Waals surface area contributed by atoms with Crippen molar-refractivity contribution >= 4 is 20.5 Å². The predicted molar refractivity (Wildman–Crippen MR) is 68.1 cm³/mol. The van der Waals surface area contributed by atoms with Gasteiger partial charge in [-0.1, -0.05) is 6.92 Å². The molecule has 5 nitrogen and oxygen atoms in total. The van der Waals surface area contributed by atoms with E-state index in [2.05, 4.69) is 6.92 Å². The van der Waals surface area contributed by atoms with E-state index in [1.54, 1.807) is 6.55 Å². The van der Waals surface area contributed by atoms with E-state index >= 15 is 0 Å². The van der Waals surface area contributed by atoms with E-state index in [1.165, 1.54) is 13.8 Å². The van der Waals surface area contributed by atoms with Crippen molar-refractivity contribution in [1.82, 2.24) is 0 Å². The minimum absolute atomic E-state index is 0.175. The SMILES string of the molecule is CCC1(CC[Si](C)(OC(C)=O)OC(C)=O)COC1. The van der Waals surface area contributed by atoms with E-state index in [-0.39, 0.29) is 17.4 Å². The molecule has 1 aliphatic heterocycles. The van der Waals surface area contributed by atoms with Crippen molar-refractivity contribution in [3.63, 3.8) is 0 Å². The summed E-state index contributed by atoms with van der Waals surface area (Å²) >= 11 is 0. The fourth-order valence-corrected chi connectivity index (χ4v) is 4.59. The first kappa shape index (κ1) is 15.2. The van der Waals surface area contributed by atoms with Crippen LogP contribution in [0.2, 0.25) is 12.6 Å². The summed E-state index contributed by atoms with van der Waals surface area (Å²) in [5, 5.41) is 0. The molecule has 0 saturated carbocycles. The molecule has 1 rings (SSSR count). The molecular weight excluding hydrogens is 252 g/mol. The molecule has 0 unspecified atom stereocenters. The molecule has 0 radical (unpaired) electrons. The van der Waals surface area contributed by atoms with Crippen molar-refractivity contribution in [1.29, 1.82) is 0 Å². The van der Waals surface area contributed by atoms with Gasteiger partial charge >= 0.3 is 8.56 Å². The third kappa shape index (κ3) is 4.10. The molecule has 0 aromatic heterocycles. The normalized spacial score (nSPS) is 17.8. The minimum atomic E-state index is -2.74. The van der Waals surface area contributed by atoms with Crippen molar-refractivity contribution in [2.24, 2.45) is 5.41 Å². The van der Waals surface area contributed by atoms with E-state index in [0.29, 0.717) is 6.04 Å². The van der Waals surface area contributed by atoms with Crippen molar-refractivity contribution in [2.75, 3.05) is 13.2 Å². The van der Waals surface area contributed by atoms with Gasteiger partial charge in [0.2, 0.25) is 0 Å². The van der Waals surface area contributed by atoms with Gasteiger partial charge < -0.3 is 13.6 Å². The van der Waals surface area contributed by atoms with Gasteiger partial charge in [0.15, 0.2) is 0 Å². The van der Waals surface area contributed by atoms with E-state index < -0.39 is 8.56 Å². The summed E-state index contributed by atoms with van der Waals surface area (Å²) < 4.78 is 15.8. The van der Waals surface area contributed by atoms with Crippen LogP contribution in [0.3, 0.4) is 0 Å². The fourth-order valence-electron chi connectivity index (χ4n) is 2.14. The Morgan fingerprint density at radius 2 is 1.72 bits per heavy atom. The summed E-state index contributed by atoms with van der Waals surface area (Å²) in [6, 6.07) is 0.628. The maximum atomic E-state index is 11.1. The lowest BCUT2D eigenvalue weighted by Crippen LogP contribution is -2.47. The Morgan fingerprint density at radius 1 is 1.22 bits per heavy atom. The Kier molecular flexibility index (Phi) is 4.92. The average molecular weight is 274 g/mol. The van der Waals surface area contributed by atoms with E-state index in [1.807, 2.05) is 0 Å². The number of carbonyl (C=O) groups is 2. The molecule has 0 aromatic rings. The lowest BCUT2D eigenvalue weighted by molar-refractivity contribution is -0.139. The Hall–Kier alpha value is -0.883. The average Bonchev–Trinajstić information content (AvgIpc) is 2.13. The number of hydrogen-bond acceptors (Lipinski definition) is 5. The van der Waals surface area contributed by atoms with Crippen LogP contribution in [0.1, 0.15) is 33.6 Å². The highest BCUT2D eigenvalue weighted by Crippen LogP contribution is 2.38. The fraction of sp³-hybridized carbons (Fsp3) is 0.833. The first-order valence-corrected chi connectivity index (χ1v) is 8.80. The van der Waals surface area contributed by atoms with Crippen LogP contribution in [0.5, 0.6) is 0 Å². The lowest BCUT2D eigenvalue weighted by Gasteiger charge is -2.42. The van der Waals surface area contributed by atoms with Crippen LogP contribution >= 0.6 is 0 Å². The summed E-state index contributed by atoms with van der Waals surface area (Å²) in [7, 11) is -2.74. The molecule has 6 heteroatoms. The molecule has 1 aliphatic rings. The quantitative estimate of drug-likeness (QED) is 0.693. The molecule has 0 N–H and O–H groups in total. The second kappa shape index (κ2) is 5.84. The molecular formula is C12H22O5Si. The van der Waals surface area contributed by atoms with Gasteiger partial charge in [0.05, 0.1) is 13.2 Å². The number of hydrogen-bond donors (Lipinski definition) is 0. The van der Waals surface area contributed by atoms with E-state index in [9.17, 15) is 9.59 Å². The molecule has 0 aromatic carbocycles. The highest BCUT2D eigenvalue weighted by atomic mass is 28.4. The summed E-state index contributed by atoms with van der Waals surface area (Å²) in [6.07, 6.45) is 1.89. The zero-order chi connectivity index (χ0) is 13.8. The van der Waals surface area contributed by atoms with Crippen LogP contribution in [-0.4, -0.2) is 33.7 Å². The molecule has 18 heavy (non-hydrogen) atoms. The Balaban J connectivity index is 2.60. The van der Waals surface area contributed by atoms with Crippen LogP contribution in [0.25, 0.3) is 0 Å². The van der Waals surface area contributed by atoms with Crippen molar-refractivity contribution < 1.29 is 23.2 Å². The molecule has 104 valence electrons. The summed E-state index contributed by atoms with van der Waals surface area (Å²) in [4.78, 5) is 22.2. The molecule has 1 heterocycles. The Morgan fingerprint density at radius 3 is 2.00 bits per heavy atom. The van der Waals surface area contributed by atoms with Gasteiger partial charge in [-0.15, -0.1) is 0 Å². The standard InChI is InChI=1S/C12H22O5Si/c1-5-12(8-15-9-12)6-7-18(4,16-10(2)13)17-11(3)14/h5-9H2,1-4H3. The van der Waals surface area contributed by atoms with Gasteiger partial charge in [-0.2, -0.15) is 0 Å². The van der Waals surface area contributed by atoms with Crippen LogP contribution < -0.4 is 0 Å². The maximum absolute atomic E-state index is 11.1. The third-order valence-electron chi connectivity index (χ3n) is 3.40. The van der Waals surface area contributed by atoms with Crippen LogP contribution in [0.4, 0.5) is 0 Å². The van der Waals surface area contributed by atoms with Gasteiger partial charge in [-0.3, -0.25) is 9.59 Å². The number of ether oxygens (including phenoxy) is 1. The molecule has 0 spiro atoms. The van der Waals surface area contributed by atoms with Crippen LogP contribution in [-0.2, 0) is 23.2 Å². The number of carbonyl (C=O) groups excluding carboxylic acids is 2. The van der Waals surface area contributed by atoms with Crippen LogP contribution in [0, 0.1) is 5.41 Å². The summed E-state index contributed by atoms with van der Waals surface area (Å²) in [5.74, 6) is -0.776. The van der Waals surface area contributed by atoms with Crippen molar-refractivity contribution in [3.05, 3.63) is 0 Å².